The first-order valence-corrected chi connectivity index (χ1v) is 7.86. The van der Waals surface area contributed by atoms with Crippen LogP contribution in [0, 0.1) is 0 Å². The highest BCUT2D eigenvalue weighted by atomic mass is 79.9. The minimum Gasteiger partial charge on any atom is -0.397 e. The number of nitrogens with zero attached hydrogens (tertiary/aromatic N) is 1. The molecule has 1 aliphatic rings. The Morgan fingerprint density at radius 3 is 2.95 bits per heavy atom. The molecule has 0 fully saturated rings. The number of benzene rings is 1. The number of carbonyl (C=O) groups excluding carboxylic acids is 1. The molecule has 0 saturated heterocycles. The van der Waals surface area contributed by atoms with E-state index in [-0.39, 0.29) is 5.91 Å². The van der Waals surface area contributed by atoms with Crippen molar-refractivity contribution in [2.75, 3.05) is 23.0 Å². The van der Waals surface area contributed by atoms with Gasteiger partial charge < -0.3 is 16.0 Å². The van der Waals surface area contributed by atoms with Gasteiger partial charge in [0, 0.05) is 27.5 Å². The average molecular weight is 352 g/mol. The summed E-state index contributed by atoms with van der Waals surface area (Å²) in [5, 5.41) is 4.93. The molecule has 104 valence electrons. The molecular weight excluding hydrogens is 338 g/mol. The molecule has 0 bridgehead atoms. The van der Waals surface area contributed by atoms with E-state index in [1.165, 1.54) is 4.88 Å². The molecule has 6 heteroatoms. The second-order valence-electron chi connectivity index (χ2n) is 4.88. The van der Waals surface area contributed by atoms with Crippen molar-refractivity contribution >= 4 is 50.2 Å². The highest BCUT2D eigenvalue weighted by Crippen LogP contribution is 2.34. The molecule has 0 spiro atoms. The summed E-state index contributed by atoms with van der Waals surface area (Å²) in [6, 6.07) is 5.95. The van der Waals surface area contributed by atoms with Crippen LogP contribution in [0.3, 0.4) is 0 Å². The highest BCUT2D eigenvalue weighted by Gasteiger charge is 2.20. The fraction of sp³-hybridized carbons (Fsp3) is 0.214. The topological polar surface area (TPSA) is 58.4 Å². The first kappa shape index (κ1) is 13.5. The smallest absolute Gasteiger partial charge is 0.228 e. The van der Waals surface area contributed by atoms with E-state index in [0.717, 1.165) is 28.0 Å². The SMILES string of the molecule is CN(Cc1cc(Br)cs1)c1cc2c(cc1N)CC(=O)N2. The van der Waals surface area contributed by atoms with E-state index >= 15 is 0 Å². The summed E-state index contributed by atoms with van der Waals surface area (Å²) in [4.78, 5) is 14.8. The molecule has 4 nitrogen and oxygen atoms in total. The van der Waals surface area contributed by atoms with Gasteiger partial charge in [-0.3, -0.25) is 4.79 Å². The molecule has 0 radical (unpaired) electrons. The molecule has 2 heterocycles. The largest absolute Gasteiger partial charge is 0.397 e. The van der Waals surface area contributed by atoms with Crippen molar-refractivity contribution in [1.29, 1.82) is 0 Å². The number of fused-ring (bicyclic) bond motifs is 1. The summed E-state index contributed by atoms with van der Waals surface area (Å²) in [5.41, 5.74) is 9.61. The first-order chi connectivity index (χ1) is 9.52. The summed E-state index contributed by atoms with van der Waals surface area (Å²) in [5.74, 6) is 0.0291. The van der Waals surface area contributed by atoms with Gasteiger partial charge in [-0.25, -0.2) is 0 Å². The molecule has 3 rings (SSSR count). The molecule has 0 unspecified atom stereocenters. The van der Waals surface area contributed by atoms with Crippen molar-refractivity contribution in [3.63, 3.8) is 0 Å². The molecule has 0 saturated carbocycles. The van der Waals surface area contributed by atoms with Crippen LogP contribution in [0.25, 0.3) is 0 Å². The van der Waals surface area contributed by atoms with E-state index < -0.39 is 0 Å². The fourth-order valence-electron chi connectivity index (χ4n) is 2.37. The second-order valence-corrected chi connectivity index (χ2v) is 6.79. The Labute approximate surface area is 129 Å². The zero-order chi connectivity index (χ0) is 14.3. The standard InChI is InChI=1S/C14H14BrN3OS/c1-18(6-10-4-9(15)7-20-10)13-5-12-8(2-11(13)16)3-14(19)17-12/h2,4-5,7H,3,6,16H2,1H3,(H,17,19). The van der Waals surface area contributed by atoms with Crippen LogP contribution < -0.4 is 16.0 Å². The van der Waals surface area contributed by atoms with Crippen LogP contribution in [-0.2, 0) is 17.8 Å². The van der Waals surface area contributed by atoms with Crippen molar-refractivity contribution in [3.8, 4) is 0 Å². The molecule has 2 aromatic rings. The average Bonchev–Trinajstić information content (AvgIpc) is 2.93. The second kappa shape index (κ2) is 5.10. The van der Waals surface area contributed by atoms with Crippen LogP contribution in [0.15, 0.2) is 28.1 Å². The number of carbonyl (C=O) groups is 1. The van der Waals surface area contributed by atoms with Gasteiger partial charge in [0.15, 0.2) is 0 Å². The normalized spacial score (nSPS) is 13.2. The first-order valence-electron chi connectivity index (χ1n) is 6.19. The lowest BCUT2D eigenvalue weighted by Crippen LogP contribution is -2.17. The summed E-state index contributed by atoms with van der Waals surface area (Å²) in [7, 11) is 2.00. The molecule has 1 aliphatic heterocycles. The summed E-state index contributed by atoms with van der Waals surface area (Å²) >= 11 is 5.16. The van der Waals surface area contributed by atoms with Gasteiger partial charge in [-0.1, -0.05) is 0 Å². The molecule has 1 aromatic heterocycles. The van der Waals surface area contributed by atoms with Gasteiger partial charge in [-0.05, 0) is 39.7 Å². The van der Waals surface area contributed by atoms with Crippen LogP contribution in [-0.4, -0.2) is 13.0 Å². The number of nitrogen functional groups attached to an aromatic ring is 1. The number of thiophene rings is 1. The number of rotatable bonds is 3. The van der Waals surface area contributed by atoms with Crippen LogP contribution in [0.4, 0.5) is 17.1 Å². The van der Waals surface area contributed by atoms with Gasteiger partial charge in [-0.2, -0.15) is 0 Å². The predicted octanol–water partition coefficient (Wildman–Crippen LogP) is 3.22. The Balaban J connectivity index is 1.86. The van der Waals surface area contributed by atoms with Crippen molar-refractivity contribution in [3.05, 3.63) is 38.5 Å². The Hall–Kier alpha value is -1.53. The number of nitrogens with one attached hydrogen (secondary N) is 1. The molecule has 1 amide bonds. The maximum atomic E-state index is 11.4. The van der Waals surface area contributed by atoms with Crippen LogP contribution in [0.5, 0.6) is 0 Å². The van der Waals surface area contributed by atoms with E-state index in [9.17, 15) is 4.79 Å². The zero-order valence-corrected chi connectivity index (χ0v) is 13.3. The van der Waals surface area contributed by atoms with Gasteiger partial charge >= 0.3 is 0 Å². The number of hydrogen-bond donors (Lipinski definition) is 2. The van der Waals surface area contributed by atoms with E-state index in [2.05, 4.69) is 37.6 Å². The van der Waals surface area contributed by atoms with Gasteiger partial charge in [0.25, 0.3) is 0 Å². The number of anilines is 3. The van der Waals surface area contributed by atoms with E-state index in [4.69, 9.17) is 5.73 Å². The van der Waals surface area contributed by atoms with Gasteiger partial charge in [0.1, 0.15) is 0 Å². The van der Waals surface area contributed by atoms with E-state index in [1.54, 1.807) is 11.3 Å². The van der Waals surface area contributed by atoms with Crippen LogP contribution in [0.2, 0.25) is 0 Å². The van der Waals surface area contributed by atoms with Crippen LogP contribution >= 0.6 is 27.3 Å². The third kappa shape index (κ3) is 2.53. The lowest BCUT2D eigenvalue weighted by Gasteiger charge is -2.21. The monoisotopic (exact) mass is 351 g/mol. The molecular formula is C14H14BrN3OS. The third-order valence-electron chi connectivity index (χ3n) is 3.30. The molecule has 1 aromatic carbocycles. The van der Waals surface area contributed by atoms with Gasteiger partial charge in [-0.15, -0.1) is 11.3 Å². The summed E-state index contributed by atoms with van der Waals surface area (Å²) in [6.45, 7) is 0.785. The molecule has 0 aliphatic carbocycles. The highest BCUT2D eigenvalue weighted by molar-refractivity contribution is 9.10. The van der Waals surface area contributed by atoms with Crippen LogP contribution in [0.1, 0.15) is 10.4 Å². The Morgan fingerprint density at radius 2 is 2.25 bits per heavy atom. The van der Waals surface area contributed by atoms with E-state index in [1.807, 2.05) is 19.2 Å². The zero-order valence-electron chi connectivity index (χ0n) is 10.9. The molecule has 0 atom stereocenters. The molecule has 20 heavy (non-hydrogen) atoms. The van der Waals surface area contributed by atoms with Gasteiger partial charge in [0.2, 0.25) is 5.91 Å². The number of amides is 1. The maximum absolute atomic E-state index is 11.4. The predicted molar refractivity (Wildman–Crippen MR) is 87.3 cm³/mol. The Kier molecular flexibility index (Phi) is 3.43. The number of hydrogen-bond acceptors (Lipinski definition) is 4. The number of halogens is 1. The Morgan fingerprint density at radius 1 is 1.45 bits per heavy atom. The number of nitrogens with two attached hydrogens (primary N) is 1. The Bertz CT molecular complexity index is 683. The van der Waals surface area contributed by atoms with Crippen molar-refractivity contribution in [2.45, 2.75) is 13.0 Å². The van der Waals surface area contributed by atoms with Crippen molar-refractivity contribution < 1.29 is 4.79 Å². The lowest BCUT2D eigenvalue weighted by atomic mass is 10.1. The summed E-state index contributed by atoms with van der Waals surface area (Å²) in [6.07, 6.45) is 0.418. The van der Waals surface area contributed by atoms with Crippen molar-refractivity contribution in [1.82, 2.24) is 0 Å². The molecule has 3 N–H and O–H groups in total. The van der Waals surface area contributed by atoms with Gasteiger partial charge in [0.05, 0.1) is 24.3 Å². The lowest BCUT2D eigenvalue weighted by molar-refractivity contribution is -0.115. The quantitative estimate of drug-likeness (QED) is 0.834. The van der Waals surface area contributed by atoms with Crippen molar-refractivity contribution in [2.24, 2.45) is 0 Å². The minimum atomic E-state index is 0.0291. The summed E-state index contributed by atoms with van der Waals surface area (Å²) < 4.78 is 1.10. The van der Waals surface area contributed by atoms with E-state index in [0.29, 0.717) is 12.1 Å². The fourth-order valence-corrected chi connectivity index (χ4v) is 3.87. The minimum absolute atomic E-state index is 0.0291. The third-order valence-corrected chi connectivity index (χ3v) is 4.99. The maximum Gasteiger partial charge on any atom is 0.228 e.